The lowest BCUT2D eigenvalue weighted by atomic mass is 9.94. The maximum absolute atomic E-state index is 13.8. The first-order valence-corrected chi connectivity index (χ1v) is 35.9. The molecule has 12 aromatic rings. The fraction of sp³-hybridized carbons (Fsp3) is 0.295. The third-order valence-electron chi connectivity index (χ3n) is 19.6. The average Bonchev–Trinajstić information content (AvgIpc) is 1.61. The fourth-order valence-corrected chi connectivity index (χ4v) is 14.5. The van der Waals surface area contributed by atoms with Crippen LogP contribution in [0, 0.1) is 46.3 Å². The number of carbonyl (C=O) groups excluding carboxylic acids is 4. The Morgan fingerprint density at radius 2 is 0.743 bits per heavy atom. The summed E-state index contributed by atoms with van der Waals surface area (Å²) in [6.07, 6.45) is 12.5. The molecule has 4 N–H and O–H groups in total. The molecule has 16 rings (SSSR count). The number of aromatic nitrogens is 17. The van der Waals surface area contributed by atoms with Crippen molar-refractivity contribution in [3.63, 3.8) is 0 Å². The lowest BCUT2D eigenvalue weighted by Crippen LogP contribution is -2.43. The zero-order chi connectivity index (χ0) is 77.1. The topological polar surface area (TPSA) is 330 Å². The molecule has 2 unspecified atom stereocenters. The highest BCUT2D eigenvalue weighted by Gasteiger charge is 2.37. The molecule has 13 heterocycles. The molecule has 9 aromatic heterocycles. The van der Waals surface area contributed by atoms with Gasteiger partial charge in [0.25, 0.3) is 23.6 Å². The van der Waals surface area contributed by atoms with Crippen LogP contribution in [0.1, 0.15) is 143 Å². The summed E-state index contributed by atoms with van der Waals surface area (Å²) in [5, 5.41) is 27.6. The van der Waals surface area contributed by atoms with Gasteiger partial charge in [-0.2, -0.15) is 20.4 Å². The number of halogens is 4. The van der Waals surface area contributed by atoms with Crippen molar-refractivity contribution < 1.29 is 37.4 Å². The monoisotopic (exact) mass is 1510 g/mol. The van der Waals surface area contributed by atoms with Crippen LogP contribution in [0.25, 0.3) is 45.6 Å². The minimum Gasteiger partial charge on any atom is -0.496 e. The Hall–Kier alpha value is -12.1. The van der Waals surface area contributed by atoms with E-state index in [4.69, 9.17) is 32.7 Å². The van der Waals surface area contributed by atoms with E-state index in [1.54, 1.807) is 67.3 Å². The Morgan fingerprint density at radius 1 is 0.422 bits per heavy atom. The van der Waals surface area contributed by atoms with E-state index in [9.17, 15) is 28.0 Å². The Kier molecular flexibility index (Phi) is 22.2. The largest absolute Gasteiger partial charge is 0.496 e. The zero-order valence-electron chi connectivity index (χ0n) is 61.6. The predicted molar refractivity (Wildman–Crippen MR) is 401 cm³/mol. The zero-order valence-corrected chi connectivity index (χ0v) is 63.1. The van der Waals surface area contributed by atoms with E-state index < -0.39 is 11.6 Å². The predicted octanol–water partition coefficient (Wildman–Crippen LogP) is 12.4. The van der Waals surface area contributed by atoms with Crippen molar-refractivity contribution >= 4 is 46.8 Å². The lowest BCUT2D eigenvalue weighted by molar-refractivity contribution is 0.0645. The van der Waals surface area contributed by atoms with Crippen LogP contribution in [0.4, 0.5) is 8.78 Å². The Morgan fingerprint density at radius 3 is 1.06 bits per heavy atom. The molecular formula is C78H77Cl2F2N21O6. The van der Waals surface area contributed by atoms with Gasteiger partial charge >= 0.3 is 0 Å². The van der Waals surface area contributed by atoms with Crippen LogP contribution in [0.2, 0.25) is 10.0 Å². The van der Waals surface area contributed by atoms with Crippen LogP contribution in [0.15, 0.2) is 122 Å². The van der Waals surface area contributed by atoms with Crippen LogP contribution in [0.5, 0.6) is 11.5 Å². The average molecular weight is 1510 g/mol. The number of pyridine rings is 1. The number of aromatic amines is 4. The lowest BCUT2D eigenvalue weighted by Gasteiger charge is -2.35. The minimum atomic E-state index is -0.604. The van der Waals surface area contributed by atoms with E-state index >= 15 is 0 Å². The van der Waals surface area contributed by atoms with Gasteiger partial charge in [0.15, 0.2) is 0 Å². The van der Waals surface area contributed by atoms with Crippen LogP contribution >= 0.6 is 23.2 Å². The molecule has 4 atom stereocenters. The number of hydrogen-bond donors (Lipinski definition) is 4. The fourth-order valence-electron chi connectivity index (χ4n) is 14.1. The molecule has 0 radical (unpaired) electrons. The number of benzene rings is 3. The number of rotatable bonds is 10. The van der Waals surface area contributed by atoms with Gasteiger partial charge in [-0.25, -0.2) is 48.7 Å². The molecule has 3 aromatic carbocycles. The summed E-state index contributed by atoms with van der Waals surface area (Å²) >= 11 is 12.0. The first-order valence-electron chi connectivity index (χ1n) is 35.2. The summed E-state index contributed by atoms with van der Waals surface area (Å²) in [7, 11) is 3.18. The van der Waals surface area contributed by atoms with E-state index in [-0.39, 0.29) is 69.0 Å². The van der Waals surface area contributed by atoms with Crippen LogP contribution < -0.4 is 9.47 Å². The summed E-state index contributed by atoms with van der Waals surface area (Å²) in [5.41, 5.74) is 16.5. The third kappa shape index (κ3) is 15.7. The number of fused-ring (bicyclic) bond motifs is 4. The molecule has 27 nitrogen and oxygen atoms in total. The van der Waals surface area contributed by atoms with Crippen molar-refractivity contribution in [1.82, 2.24) is 105 Å². The molecule has 4 aliphatic rings. The molecule has 0 spiro atoms. The normalized spacial score (nSPS) is 16.2. The molecule has 4 amide bonds. The summed E-state index contributed by atoms with van der Waals surface area (Å²) in [6.45, 7) is 18.8. The Labute approximate surface area is 635 Å². The Balaban J connectivity index is 0.000000128. The standard InChI is InChI=1S/C21H23N5O2.2C19H17ClFN5O.C19H20N6O2/c1-12-10-16-18(23-14(3)24-20(16)17-8-9-22-25-17)11-26(12)21(27)15-6-5-7-19(28-4)13(15)2;2*1-10-8-13-16(23-11(2)24-18(13)15-6-7-22-25-15)9-26(10)19(27)12-4-3-5-14(21)17(12)20;1-11-6-15-17(22-12(2)23-18(15)16-4-5-21-24-16)10-25(11)19(26)13-7-14(27-3)9-20-8-13/h5-9,12H,10-11H2,1-4H3,(H,22,25);2*3-7,10H,8-9H2,1-2H3,(H,22,25);4-5,7-9,11H,6,10H2,1-3H3,(H,21,24)/t;2*10-;/m.10./s1. The summed E-state index contributed by atoms with van der Waals surface area (Å²) in [5.74, 6) is 1.95. The first kappa shape index (κ1) is 75.1. The van der Waals surface area contributed by atoms with Gasteiger partial charge in [0.05, 0.1) is 142 Å². The number of aryl methyl sites for hydroxylation is 4. The highest BCUT2D eigenvalue weighted by atomic mass is 35.5. The molecule has 109 heavy (non-hydrogen) atoms. The van der Waals surface area contributed by atoms with E-state index in [1.807, 2.05) is 108 Å². The van der Waals surface area contributed by atoms with Gasteiger partial charge in [-0.15, -0.1) is 0 Å². The molecule has 558 valence electrons. The number of amides is 4. The molecule has 0 aliphatic carbocycles. The van der Waals surface area contributed by atoms with E-state index in [0.29, 0.717) is 92.0 Å². The SMILES string of the molecule is COc1cccc(C(=O)N2Cc3nc(C)nc(-c4ccn[nH]4)c3CC2C)c1C.COc1cncc(C(=O)N2Cc3nc(C)nc(-c4ccn[nH]4)c3CC2C)c1.Cc1nc2c(c(-c3ccn[nH]3)n1)C[C@@H](C)N(C(=O)c1cccc(F)c1Cl)C2.Cc1nc2c(c(-c3ccn[nH]3)n1)C[C@H](C)N(C(=O)c1cccc(F)c1Cl)C2. The van der Waals surface area contributed by atoms with Crippen LogP contribution in [-0.4, -0.2) is 167 Å². The van der Waals surface area contributed by atoms with Crippen molar-refractivity contribution in [1.29, 1.82) is 0 Å². The molecule has 0 bridgehead atoms. The maximum Gasteiger partial charge on any atom is 0.256 e. The molecule has 0 saturated heterocycles. The minimum absolute atomic E-state index is 0.00387. The molecule has 31 heteroatoms. The van der Waals surface area contributed by atoms with Crippen molar-refractivity contribution in [3.8, 4) is 57.1 Å². The Bertz CT molecular complexity index is 5220. The van der Waals surface area contributed by atoms with Gasteiger partial charge < -0.3 is 29.1 Å². The van der Waals surface area contributed by atoms with Gasteiger partial charge in [0.2, 0.25) is 0 Å². The quantitative estimate of drug-likeness (QED) is 0.0988. The van der Waals surface area contributed by atoms with Crippen LogP contribution in [-0.2, 0) is 51.9 Å². The smallest absolute Gasteiger partial charge is 0.256 e. The number of nitrogens with zero attached hydrogens (tertiary/aromatic N) is 17. The van der Waals surface area contributed by atoms with Crippen molar-refractivity contribution in [2.24, 2.45) is 0 Å². The van der Waals surface area contributed by atoms with Gasteiger partial charge in [-0.1, -0.05) is 41.4 Å². The number of ether oxygens (including phenoxy) is 2. The number of methoxy groups -OCH3 is 2. The number of carbonyl (C=O) groups is 4. The van der Waals surface area contributed by atoms with Crippen molar-refractivity contribution in [3.05, 3.63) is 240 Å². The van der Waals surface area contributed by atoms with E-state index in [1.165, 1.54) is 36.4 Å². The van der Waals surface area contributed by atoms with Gasteiger partial charge in [0, 0.05) is 88.5 Å². The number of hydrogen-bond acceptors (Lipinski definition) is 19. The molecule has 0 fully saturated rings. The summed E-state index contributed by atoms with van der Waals surface area (Å²) in [6, 6.07) is 23.1. The van der Waals surface area contributed by atoms with E-state index in [2.05, 4.69) is 92.6 Å². The molecular weight excluding hydrogens is 1440 g/mol. The second-order valence-electron chi connectivity index (χ2n) is 27.0. The second kappa shape index (κ2) is 32.1. The highest BCUT2D eigenvalue weighted by Crippen LogP contribution is 2.37. The van der Waals surface area contributed by atoms with Gasteiger partial charge in [-0.05, 0) is 155 Å². The number of nitrogens with one attached hydrogen (secondary N) is 4. The summed E-state index contributed by atoms with van der Waals surface area (Å²) < 4.78 is 38.1. The first-order chi connectivity index (χ1) is 52.5. The molecule has 0 saturated carbocycles. The second-order valence-corrected chi connectivity index (χ2v) is 27.7. The third-order valence-corrected chi connectivity index (χ3v) is 20.4. The van der Waals surface area contributed by atoms with Gasteiger partial charge in [0.1, 0.15) is 46.4 Å². The summed E-state index contributed by atoms with van der Waals surface area (Å²) in [4.78, 5) is 100. The van der Waals surface area contributed by atoms with E-state index in [0.717, 1.165) is 102 Å². The number of H-pyrrole nitrogens is 4. The molecule has 4 aliphatic heterocycles. The van der Waals surface area contributed by atoms with Crippen molar-refractivity contribution in [2.75, 3.05) is 14.2 Å². The highest BCUT2D eigenvalue weighted by molar-refractivity contribution is 6.34. The van der Waals surface area contributed by atoms with Gasteiger partial charge in [-0.3, -0.25) is 44.6 Å². The van der Waals surface area contributed by atoms with Crippen LogP contribution in [0.3, 0.4) is 0 Å². The maximum atomic E-state index is 13.8. The van der Waals surface area contributed by atoms with Crippen molar-refractivity contribution in [2.45, 2.75) is 138 Å².